The Hall–Kier alpha value is -1.06. The van der Waals surface area contributed by atoms with Crippen LogP contribution in [0, 0.1) is 5.92 Å². The molecule has 0 amide bonds. The van der Waals surface area contributed by atoms with Gasteiger partial charge < -0.3 is 15.0 Å². The number of para-hydroxylation sites is 1. The number of likely N-dealkylation sites (tertiary alicyclic amines) is 1. The summed E-state index contributed by atoms with van der Waals surface area (Å²) < 4.78 is 5.74. The van der Waals surface area contributed by atoms with E-state index >= 15 is 0 Å². The van der Waals surface area contributed by atoms with E-state index < -0.39 is 0 Å². The molecule has 0 spiro atoms. The van der Waals surface area contributed by atoms with Crippen LogP contribution in [0.15, 0.2) is 24.3 Å². The molecule has 3 rings (SSSR count). The predicted molar refractivity (Wildman–Crippen MR) is 87.0 cm³/mol. The van der Waals surface area contributed by atoms with Gasteiger partial charge in [-0.15, -0.1) is 0 Å². The molecule has 0 saturated carbocycles. The minimum Gasteiger partial charge on any atom is -0.493 e. The fourth-order valence-electron chi connectivity index (χ4n) is 3.60. The molecule has 0 aliphatic carbocycles. The SMILES string of the molecule is CCN1CCC(CNCC2CCOc3ccccc32)CC1. The van der Waals surface area contributed by atoms with Crippen LogP contribution in [0.3, 0.4) is 0 Å². The molecule has 0 bridgehead atoms. The molecule has 3 heteroatoms. The Kier molecular flexibility index (Phi) is 5.15. The maximum atomic E-state index is 5.74. The molecule has 1 N–H and O–H groups in total. The topological polar surface area (TPSA) is 24.5 Å². The van der Waals surface area contributed by atoms with E-state index in [4.69, 9.17) is 4.74 Å². The highest BCUT2D eigenvalue weighted by atomic mass is 16.5. The van der Waals surface area contributed by atoms with Crippen molar-refractivity contribution < 1.29 is 4.74 Å². The predicted octanol–water partition coefficient (Wildman–Crippen LogP) is 2.87. The van der Waals surface area contributed by atoms with Crippen LogP contribution in [0.1, 0.15) is 37.7 Å². The lowest BCUT2D eigenvalue weighted by Crippen LogP contribution is -2.38. The van der Waals surface area contributed by atoms with Gasteiger partial charge in [-0.3, -0.25) is 0 Å². The molecule has 116 valence electrons. The lowest BCUT2D eigenvalue weighted by molar-refractivity contribution is 0.189. The first-order valence-corrected chi connectivity index (χ1v) is 8.51. The summed E-state index contributed by atoms with van der Waals surface area (Å²) in [7, 11) is 0. The van der Waals surface area contributed by atoms with Gasteiger partial charge in [0.25, 0.3) is 0 Å². The Morgan fingerprint density at radius 3 is 2.76 bits per heavy atom. The van der Waals surface area contributed by atoms with Gasteiger partial charge in [0.15, 0.2) is 0 Å². The van der Waals surface area contributed by atoms with Crippen molar-refractivity contribution in [1.82, 2.24) is 10.2 Å². The summed E-state index contributed by atoms with van der Waals surface area (Å²) in [6.45, 7) is 9.16. The van der Waals surface area contributed by atoms with Crippen molar-refractivity contribution in [3.63, 3.8) is 0 Å². The third-order valence-electron chi connectivity index (χ3n) is 5.06. The van der Waals surface area contributed by atoms with E-state index in [0.717, 1.165) is 31.2 Å². The maximum absolute atomic E-state index is 5.74. The molecule has 21 heavy (non-hydrogen) atoms. The summed E-state index contributed by atoms with van der Waals surface area (Å²) in [4.78, 5) is 2.56. The van der Waals surface area contributed by atoms with Crippen LogP contribution in [-0.4, -0.2) is 44.2 Å². The van der Waals surface area contributed by atoms with Crippen LogP contribution in [0.5, 0.6) is 5.75 Å². The number of nitrogens with one attached hydrogen (secondary N) is 1. The van der Waals surface area contributed by atoms with Crippen molar-refractivity contribution >= 4 is 0 Å². The highest BCUT2D eigenvalue weighted by molar-refractivity contribution is 5.37. The summed E-state index contributed by atoms with van der Waals surface area (Å²) >= 11 is 0. The van der Waals surface area contributed by atoms with Crippen LogP contribution < -0.4 is 10.1 Å². The van der Waals surface area contributed by atoms with E-state index in [1.165, 1.54) is 44.6 Å². The van der Waals surface area contributed by atoms with Gasteiger partial charge in [-0.2, -0.15) is 0 Å². The standard InChI is InChI=1S/C18H28N2O/c1-2-20-10-7-15(8-11-20)13-19-14-16-9-12-21-18-6-4-3-5-17(16)18/h3-6,15-16,19H,2,7-14H2,1H3. The Labute approximate surface area is 128 Å². The molecule has 3 nitrogen and oxygen atoms in total. The van der Waals surface area contributed by atoms with Crippen molar-refractivity contribution in [3.05, 3.63) is 29.8 Å². The van der Waals surface area contributed by atoms with E-state index in [9.17, 15) is 0 Å². The van der Waals surface area contributed by atoms with E-state index in [1.54, 1.807) is 0 Å². The van der Waals surface area contributed by atoms with Gasteiger partial charge >= 0.3 is 0 Å². The second kappa shape index (κ2) is 7.28. The van der Waals surface area contributed by atoms with Crippen LogP contribution >= 0.6 is 0 Å². The molecular weight excluding hydrogens is 260 g/mol. The first-order chi connectivity index (χ1) is 10.4. The average molecular weight is 288 g/mol. The lowest BCUT2D eigenvalue weighted by Gasteiger charge is -2.32. The number of piperidine rings is 1. The Balaban J connectivity index is 1.44. The van der Waals surface area contributed by atoms with Crippen molar-refractivity contribution in [3.8, 4) is 5.75 Å². The first kappa shape index (κ1) is 14.9. The van der Waals surface area contributed by atoms with E-state index in [0.29, 0.717) is 5.92 Å². The van der Waals surface area contributed by atoms with Gasteiger partial charge in [0.05, 0.1) is 6.61 Å². The van der Waals surface area contributed by atoms with E-state index in [1.807, 2.05) is 0 Å². The molecule has 1 aromatic carbocycles. The smallest absolute Gasteiger partial charge is 0.122 e. The number of rotatable bonds is 5. The molecule has 2 heterocycles. The third kappa shape index (κ3) is 3.78. The highest BCUT2D eigenvalue weighted by Crippen LogP contribution is 2.32. The normalized spacial score (nSPS) is 23.6. The largest absolute Gasteiger partial charge is 0.493 e. The molecular formula is C18H28N2O. The zero-order chi connectivity index (χ0) is 14.5. The number of benzene rings is 1. The molecule has 2 aliphatic rings. The number of fused-ring (bicyclic) bond motifs is 1. The van der Waals surface area contributed by atoms with Crippen molar-refractivity contribution in [2.75, 3.05) is 39.3 Å². The highest BCUT2D eigenvalue weighted by Gasteiger charge is 2.22. The van der Waals surface area contributed by atoms with Crippen molar-refractivity contribution in [2.45, 2.75) is 32.1 Å². The molecule has 0 aromatic heterocycles. The minimum atomic E-state index is 0.616. The zero-order valence-corrected chi connectivity index (χ0v) is 13.2. The number of ether oxygens (including phenoxy) is 1. The summed E-state index contributed by atoms with van der Waals surface area (Å²) in [5, 5.41) is 3.72. The van der Waals surface area contributed by atoms with E-state index in [-0.39, 0.29) is 0 Å². The second-order valence-electron chi connectivity index (χ2n) is 6.41. The number of hydrogen-bond donors (Lipinski definition) is 1. The van der Waals surface area contributed by atoms with Crippen LogP contribution in [0.4, 0.5) is 0 Å². The summed E-state index contributed by atoms with van der Waals surface area (Å²) in [6.07, 6.45) is 3.84. The summed E-state index contributed by atoms with van der Waals surface area (Å²) in [6, 6.07) is 8.51. The minimum absolute atomic E-state index is 0.616. The summed E-state index contributed by atoms with van der Waals surface area (Å²) in [5.74, 6) is 2.57. The quantitative estimate of drug-likeness (QED) is 0.901. The van der Waals surface area contributed by atoms with Gasteiger partial charge in [-0.1, -0.05) is 25.1 Å². The van der Waals surface area contributed by atoms with Gasteiger partial charge in [0.1, 0.15) is 5.75 Å². The molecule has 1 saturated heterocycles. The van der Waals surface area contributed by atoms with Crippen LogP contribution in [0.25, 0.3) is 0 Å². The van der Waals surface area contributed by atoms with Crippen LogP contribution in [0.2, 0.25) is 0 Å². The Morgan fingerprint density at radius 2 is 1.95 bits per heavy atom. The third-order valence-corrected chi connectivity index (χ3v) is 5.06. The summed E-state index contributed by atoms with van der Waals surface area (Å²) in [5.41, 5.74) is 1.39. The number of nitrogens with zero attached hydrogens (tertiary/aromatic N) is 1. The molecule has 0 radical (unpaired) electrons. The van der Waals surface area contributed by atoms with Crippen molar-refractivity contribution in [1.29, 1.82) is 0 Å². The first-order valence-electron chi connectivity index (χ1n) is 8.51. The number of hydrogen-bond acceptors (Lipinski definition) is 3. The lowest BCUT2D eigenvalue weighted by atomic mass is 9.92. The fraction of sp³-hybridized carbons (Fsp3) is 0.667. The Bertz CT molecular complexity index is 441. The fourth-order valence-corrected chi connectivity index (χ4v) is 3.60. The molecule has 1 unspecified atom stereocenters. The maximum Gasteiger partial charge on any atom is 0.122 e. The van der Waals surface area contributed by atoms with Gasteiger partial charge in [-0.05, 0) is 63.0 Å². The molecule has 1 atom stereocenters. The van der Waals surface area contributed by atoms with Gasteiger partial charge in [0, 0.05) is 12.5 Å². The van der Waals surface area contributed by atoms with Gasteiger partial charge in [0.2, 0.25) is 0 Å². The Morgan fingerprint density at radius 1 is 1.14 bits per heavy atom. The molecule has 1 fully saturated rings. The average Bonchev–Trinajstić information content (AvgIpc) is 2.56. The molecule has 1 aromatic rings. The van der Waals surface area contributed by atoms with Gasteiger partial charge in [-0.25, -0.2) is 0 Å². The van der Waals surface area contributed by atoms with Crippen molar-refractivity contribution in [2.24, 2.45) is 5.92 Å². The van der Waals surface area contributed by atoms with E-state index in [2.05, 4.69) is 41.4 Å². The zero-order valence-electron chi connectivity index (χ0n) is 13.2. The van der Waals surface area contributed by atoms with Crippen LogP contribution in [-0.2, 0) is 0 Å². The second-order valence-corrected chi connectivity index (χ2v) is 6.41. The molecule has 2 aliphatic heterocycles. The monoisotopic (exact) mass is 288 g/mol.